The number of rotatable bonds is 5. The summed E-state index contributed by atoms with van der Waals surface area (Å²) in [4.78, 5) is 13.5. The summed E-state index contributed by atoms with van der Waals surface area (Å²) in [6.07, 6.45) is 1.09. The average molecular weight is 342 g/mol. The predicted octanol–water partition coefficient (Wildman–Crippen LogP) is 2.12. The second-order valence-corrected chi connectivity index (χ2v) is 6.64. The van der Waals surface area contributed by atoms with Crippen LogP contribution in [0.25, 0.3) is 0 Å². The van der Waals surface area contributed by atoms with Crippen molar-refractivity contribution < 1.29 is 10.2 Å². The van der Waals surface area contributed by atoms with Gasteiger partial charge in [0.25, 0.3) is 0 Å². The summed E-state index contributed by atoms with van der Waals surface area (Å²) in [5.74, 6) is 1.76. The number of nitrogens with zero attached hydrogens (tertiary/aromatic N) is 4. The van der Waals surface area contributed by atoms with E-state index >= 15 is 0 Å². The lowest BCUT2D eigenvalue weighted by molar-refractivity contribution is 0.0376. The van der Waals surface area contributed by atoms with Crippen molar-refractivity contribution >= 4 is 17.5 Å². The molecule has 2 N–H and O–H groups in total. The molecule has 1 aromatic carbocycles. The minimum Gasteiger partial charge on any atom is -0.394 e. The second-order valence-electron chi connectivity index (χ2n) is 6.64. The van der Waals surface area contributed by atoms with E-state index in [9.17, 15) is 5.11 Å². The van der Waals surface area contributed by atoms with Gasteiger partial charge in [0.2, 0.25) is 5.95 Å². The van der Waals surface area contributed by atoms with Crippen LogP contribution in [0.3, 0.4) is 0 Å². The summed E-state index contributed by atoms with van der Waals surface area (Å²) in [5.41, 5.74) is 1.98. The van der Waals surface area contributed by atoms with Crippen molar-refractivity contribution in [3.63, 3.8) is 0 Å². The molecular formula is C19H26N4O2. The minimum atomic E-state index is -0.617. The average Bonchev–Trinajstić information content (AvgIpc) is 2.67. The van der Waals surface area contributed by atoms with Gasteiger partial charge in [0.15, 0.2) is 0 Å². The number of anilines is 3. The molecule has 134 valence electrons. The molecule has 0 spiro atoms. The lowest BCUT2D eigenvalue weighted by Crippen LogP contribution is -2.39. The minimum absolute atomic E-state index is 0.163. The zero-order chi connectivity index (χ0) is 17.8. The summed E-state index contributed by atoms with van der Waals surface area (Å²) < 4.78 is 0. The molecule has 6 nitrogen and oxygen atoms in total. The molecule has 3 rings (SSSR count). The normalized spacial score (nSPS) is 16.7. The first-order chi connectivity index (χ1) is 12.1. The molecule has 1 saturated heterocycles. The van der Waals surface area contributed by atoms with Crippen LogP contribution in [-0.4, -0.2) is 53.0 Å². The Bertz CT molecular complexity index is 687. The summed E-state index contributed by atoms with van der Waals surface area (Å²) in [6, 6.07) is 12.1. The first kappa shape index (κ1) is 17.6. The third kappa shape index (κ3) is 4.08. The number of aromatic nitrogens is 2. The van der Waals surface area contributed by atoms with Crippen LogP contribution in [-0.2, 0) is 0 Å². The van der Waals surface area contributed by atoms with Crippen LogP contribution in [0.15, 0.2) is 36.4 Å². The van der Waals surface area contributed by atoms with Gasteiger partial charge in [0, 0.05) is 37.6 Å². The number of piperidine rings is 1. The fraction of sp³-hybridized carbons (Fsp3) is 0.474. The third-order valence-corrected chi connectivity index (χ3v) is 4.87. The molecular weight excluding hydrogens is 316 g/mol. The maximum Gasteiger partial charge on any atom is 0.231 e. The van der Waals surface area contributed by atoms with Crippen LogP contribution in [0.5, 0.6) is 0 Å². The van der Waals surface area contributed by atoms with E-state index in [2.05, 4.69) is 9.88 Å². The smallest absolute Gasteiger partial charge is 0.231 e. The van der Waals surface area contributed by atoms with Crippen molar-refractivity contribution in [2.24, 2.45) is 5.92 Å². The van der Waals surface area contributed by atoms with Crippen LogP contribution >= 0.6 is 0 Å². The van der Waals surface area contributed by atoms with Crippen molar-refractivity contribution in [1.82, 2.24) is 9.97 Å². The van der Waals surface area contributed by atoms with Gasteiger partial charge < -0.3 is 20.0 Å². The van der Waals surface area contributed by atoms with E-state index in [1.165, 1.54) is 0 Å². The zero-order valence-corrected chi connectivity index (χ0v) is 14.8. The first-order valence-corrected chi connectivity index (χ1v) is 8.77. The van der Waals surface area contributed by atoms with Crippen molar-refractivity contribution in [1.29, 1.82) is 0 Å². The molecule has 1 aliphatic rings. The van der Waals surface area contributed by atoms with E-state index < -0.39 is 6.10 Å². The van der Waals surface area contributed by atoms with Crippen molar-refractivity contribution in [3.05, 3.63) is 42.1 Å². The van der Waals surface area contributed by atoms with Gasteiger partial charge in [-0.3, -0.25) is 0 Å². The molecule has 0 aliphatic carbocycles. The van der Waals surface area contributed by atoms with Crippen LogP contribution in [0.2, 0.25) is 0 Å². The fourth-order valence-corrected chi connectivity index (χ4v) is 3.28. The van der Waals surface area contributed by atoms with Gasteiger partial charge >= 0.3 is 0 Å². The van der Waals surface area contributed by atoms with Crippen molar-refractivity contribution in [2.75, 3.05) is 36.5 Å². The lowest BCUT2D eigenvalue weighted by atomic mass is 9.91. The summed E-state index contributed by atoms with van der Waals surface area (Å²) in [6.45, 7) is 3.47. The molecule has 1 aliphatic heterocycles. The molecule has 0 bridgehead atoms. The highest BCUT2D eigenvalue weighted by Crippen LogP contribution is 2.27. The zero-order valence-electron chi connectivity index (χ0n) is 14.8. The highest BCUT2D eigenvalue weighted by atomic mass is 16.3. The molecule has 1 unspecified atom stereocenters. The topological polar surface area (TPSA) is 72.7 Å². The van der Waals surface area contributed by atoms with Gasteiger partial charge in [0.1, 0.15) is 5.82 Å². The van der Waals surface area contributed by atoms with Crippen molar-refractivity contribution in [3.8, 4) is 0 Å². The summed E-state index contributed by atoms with van der Waals surface area (Å²) in [5, 5.41) is 18.9. The van der Waals surface area contributed by atoms with E-state index in [0.29, 0.717) is 5.95 Å². The molecule has 0 saturated carbocycles. The molecule has 2 heterocycles. The number of aryl methyl sites for hydroxylation is 1. The molecule has 1 aromatic heterocycles. The Balaban J connectivity index is 1.76. The van der Waals surface area contributed by atoms with E-state index in [4.69, 9.17) is 10.1 Å². The third-order valence-electron chi connectivity index (χ3n) is 4.87. The van der Waals surface area contributed by atoms with Gasteiger partial charge in [-0.1, -0.05) is 18.2 Å². The summed E-state index contributed by atoms with van der Waals surface area (Å²) >= 11 is 0. The van der Waals surface area contributed by atoms with Crippen molar-refractivity contribution in [2.45, 2.75) is 25.9 Å². The number of benzene rings is 1. The Morgan fingerprint density at radius 3 is 2.52 bits per heavy atom. The molecule has 1 fully saturated rings. The van der Waals surface area contributed by atoms with Gasteiger partial charge in [-0.15, -0.1) is 0 Å². The van der Waals surface area contributed by atoms with Gasteiger partial charge in [-0.2, -0.15) is 4.98 Å². The fourth-order valence-electron chi connectivity index (χ4n) is 3.28. The number of para-hydroxylation sites is 1. The number of hydrogen-bond acceptors (Lipinski definition) is 6. The maximum atomic E-state index is 9.83. The predicted molar refractivity (Wildman–Crippen MR) is 99.3 cm³/mol. The standard InChI is InChI=1S/C19H26N4O2/c1-14-12-18(23-10-8-15(9-11-23)17(25)13-24)21-19(20-14)22(2)16-6-4-3-5-7-16/h3-7,12,15,17,24-25H,8-11,13H2,1-2H3. The number of aliphatic hydroxyl groups is 2. The largest absolute Gasteiger partial charge is 0.394 e. The molecule has 6 heteroatoms. The Labute approximate surface area is 148 Å². The Kier molecular flexibility index (Phi) is 5.50. The quantitative estimate of drug-likeness (QED) is 0.867. The Hall–Kier alpha value is -2.18. The van der Waals surface area contributed by atoms with Gasteiger partial charge in [0.05, 0.1) is 12.7 Å². The molecule has 0 radical (unpaired) electrons. The number of hydrogen-bond donors (Lipinski definition) is 2. The van der Waals surface area contributed by atoms with E-state index in [1.807, 2.05) is 55.3 Å². The lowest BCUT2D eigenvalue weighted by Gasteiger charge is -2.34. The molecule has 0 amide bonds. The highest BCUT2D eigenvalue weighted by molar-refractivity contribution is 5.58. The molecule has 25 heavy (non-hydrogen) atoms. The molecule has 1 atom stereocenters. The van der Waals surface area contributed by atoms with Crippen LogP contribution < -0.4 is 9.80 Å². The van der Waals surface area contributed by atoms with Gasteiger partial charge in [-0.05, 0) is 37.8 Å². The Morgan fingerprint density at radius 1 is 1.20 bits per heavy atom. The monoisotopic (exact) mass is 342 g/mol. The van der Waals surface area contributed by atoms with Crippen LogP contribution in [0, 0.1) is 12.8 Å². The first-order valence-electron chi connectivity index (χ1n) is 8.77. The maximum absolute atomic E-state index is 9.83. The van der Waals surface area contributed by atoms with Crippen LogP contribution in [0.4, 0.5) is 17.5 Å². The van der Waals surface area contributed by atoms with E-state index in [1.54, 1.807) is 0 Å². The van der Waals surface area contributed by atoms with E-state index in [-0.39, 0.29) is 12.5 Å². The second kappa shape index (κ2) is 7.80. The summed E-state index contributed by atoms with van der Waals surface area (Å²) in [7, 11) is 1.97. The van der Waals surface area contributed by atoms with Gasteiger partial charge in [-0.25, -0.2) is 4.98 Å². The van der Waals surface area contributed by atoms with E-state index in [0.717, 1.165) is 43.1 Å². The Morgan fingerprint density at radius 2 is 1.88 bits per heavy atom. The van der Waals surface area contributed by atoms with Crippen LogP contribution in [0.1, 0.15) is 18.5 Å². The highest BCUT2D eigenvalue weighted by Gasteiger charge is 2.26. The number of aliphatic hydroxyl groups excluding tert-OH is 2. The SMILES string of the molecule is Cc1cc(N2CCC(C(O)CO)CC2)nc(N(C)c2ccccc2)n1. The molecule has 2 aromatic rings.